The number of anilines is 1. The largest absolute Gasteiger partial charge is 0.324 e. The molecule has 1 aliphatic rings. The Morgan fingerprint density at radius 3 is 3.05 bits per heavy atom. The first-order chi connectivity index (χ1) is 10.6. The van der Waals surface area contributed by atoms with Gasteiger partial charge < -0.3 is 5.32 Å². The highest BCUT2D eigenvalue weighted by atomic mass is 79.9. The average molecular weight is 379 g/mol. The Morgan fingerprint density at radius 1 is 1.45 bits per heavy atom. The van der Waals surface area contributed by atoms with Crippen molar-refractivity contribution < 1.29 is 4.79 Å². The SMILES string of the molecule is Cc1ccc(NC(=O)CN2CCC[C@@H]2c2ccsc2)c(Br)c1. The molecular formula is C17H19BrN2OS. The summed E-state index contributed by atoms with van der Waals surface area (Å²) in [5, 5.41) is 7.30. The van der Waals surface area contributed by atoms with Crippen molar-refractivity contribution in [1.82, 2.24) is 4.90 Å². The molecule has 2 aromatic rings. The van der Waals surface area contributed by atoms with Gasteiger partial charge in [-0.25, -0.2) is 0 Å². The van der Waals surface area contributed by atoms with Crippen LogP contribution in [-0.4, -0.2) is 23.9 Å². The number of nitrogens with zero attached hydrogens (tertiary/aromatic N) is 1. The van der Waals surface area contributed by atoms with Crippen molar-refractivity contribution in [2.24, 2.45) is 0 Å². The summed E-state index contributed by atoms with van der Waals surface area (Å²) in [5.41, 5.74) is 3.34. The van der Waals surface area contributed by atoms with Gasteiger partial charge in [0.15, 0.2) is 0 Å². The molecule has 1 aliphatic heterocycles. The van der Waals surface area contributed by atoms with Crippen LogP contribution in [0.15, 0.2) is 39.5 Å². The number of rotatable bonds is 4. The topological polar surface area (TPSA) is 32.3 Å². The molecule has 1 amide bonds. The Labute approximate surface area is 143 Å². The van der Waals surface area contributed by atoms with Crippen LogP contribution >= 0.6 is 27.3 Å². The number of benzene rings is 1. The minimum atomic E-state index is 0.0479. The van der Waals surface area contributed by atoms with Crippen LogP contribution in [0.4, 0.5) is 5.69 Å². The molecule has 1 aromatic carbocycles. The summed E-state index contributed by atoms with van der Waals surface area (Å²) in [6, 6.07) is 8.52. The van der Waals surface area contributed by atoms with E-state index < -0.39 is 0 Å². The maximum atomic E-state index is 12.3. The van der Waals surface area contributed by atoms with Gasteiger partial charge >= 0.3 is 0 Å². The first kappa shape index (κ1) is 15.7. The fraction of sp³-hybridized carbons (Fsp3) is 0.353. The number of carbonyl (C=O) groups is 1. The average Bonchev–Trinajstić information content (AvgIpc) is 3.12. The number of hydrogen-bond acceptors (Lipinski definition) is 3. The van der Waals surface area contributed by atoms with Crippen LogP contribution in [0.25, 0.3) is 0 Å². The summed E-state index contributed by atoms with van der Waals surface area (Å²) < 4.78 is 0.927. The molecule has 1 N–H and O–H groups in total. The van der Waals surface area contributed by atoms with E-state index in [0.717, 1.165) is 29.5 Å². The number of hydrogen-bond donors (Lipinski definition) is 1. The molecule has 3 rings (SSSR count). The fourth-order valence-electron chi connectivity index (χ4n) is 2.95. The van der Waals surface area contributed by atoms with Gasteiger partial charge in [-0.15, -0.1) is 0 Å². The number of thiophene rings is 1. The van der Waals surface area contributed by atoms with Gasteiger partial charge in [-0.3, -0.25) is 9.69 Å². The summed E-state index contributed by atoms with van der Waals surface area (Å²) >= 11 is 5.22. The smallest absolute Gasteiger partial charge is 0.238 e. The van der Waals surface area contributed by atoms with E-state index in [-0.39, 0.29) is 5.91 Å². The third-order valence-electron chi connectivity index (χ3n) is 4.04. The summed E-state index contributed by atoms with van der Waals surface area (Å²) in [7, 11) is 0. The van der Waals surface area contributed by atoms with Crippen LogP contribution < -0.4 is 5.32 Å². The zero-order valence-electron chi connectivity index (χ0n) is 12.5. The maximum absolute atomic E-state index is 12.3. The molecule has 0 radical (unpaired) electrons. The van der Waals surface area contributed by atoms with E-state index in [1.807, 2.05) is 25.1 Å². The minimum Gasteiger partial charge on any atom is -0.324 e. The quantitative estimate of drug-likeness (QED) is 0.843. The normalized spacial score (nSPS) is 18.5. The second-order valence-corrected chi connectivity index (χ2v) is 7.35. The first-order valence-corrected chi connectivity index (χ1v) is 9.19. The number of aryl methyl sites for hydroxylation is 1. The third kappa shape index (κ3) is 3.59. The molecule has 0 aliphatic carbocycles. The van der Waals surface area contributed by atoms with Gasteiger partial charge in [0.25, 0.3) is 0 Å². The molecule has 116 valence electrons. The molecule has 0 spiro atoms. The standard InChI is InChI=1S/C17H19BrN2OS/c1-12-4-5-15(14(18)9-12)19-17(21)10-20-7-2-3-16(20)13-6-8-22-11-13/h4-6,8-9,11,16H,2-3,7,10H2,1H3,(H,19,21)/t16-/m1/s1. The molecule has 0 saturated carbocycles. The first-order valence-electron chi connectivity index (χ1n) is 7.45. The van der Waals surface area contributed by atoms with Crippen molar-refractivity contribution in [1.29, 1.82) is 0 Å². The van der Waals surface area contributed by atoms with E-state index in [0.29, 0.717) is 12.6 Å². The molecule has 2 heterocycles. The number of carbonyl (C=O) groups excluding carboxylic acids is 1. The Morgan fingerprint density at radius 2 is 2.32 bits per heavy atom. The lowest BCUT2D eigenvalue weighted by molar-refractivity contribution is -0.117. The summed E-state index contributed by atoms with van der Waals surface area (Å²) in [6.07, 6.45) is 2.29. The lowest BCUT2D eigenvalue weighted by Crippen LogP contribution is -2.32. The monoisotopic (exact) mass is 378 g/mol. The molecular weight excluding hydrogens is 360 g/mol. The van der Waals surface area contributed by atoms with Gasteiger partial charge in [0, 0.05) is 10.5 Å². The Hall–Kier alpha value is -1.17. The number of halogens is 1. The van der Waals surface area contributed by atoms with E-state index in [1.54, 1.807) is 11.3 Å². The Kier molecular flexibility index (Phi) is 4.96. The van der Waals surface area contributed by atoms with Gasteiger partial charge in [-0.05, 0) is 82.3 Å². The van der Waals surface area contributed by atoms with Gasteiger partial charge in [0.05, 0.1) is 12.2 Å². The second-order valence-electron chi connectivity index (χ2n) is 5.72. The van der Waals surface area contributed by atoms with E-state index in [1.165, 1.54) is 11.1 Å². The molecule has 1 atom stereocenters. The van der Waals surface area contributed by atoms with Crippen molar-refractivity contribution in [2.75, 3.05) is 18.4 Å². The number of nitrogens with one attached hydrogen (secondary N) is 1. The number of amides is 1. The summed E-state index contributed by atoms with van der Waals surface area (Å²) in [6.45, 7) is 3.47. The van der Waals surface area contributed by atoms with Crippen LogP contribution in [0.5, 0.6) is 0 Å². The van der Waals surface area contributed by atoms with Crippen molar-refractivity contribution in [2.45, 2.75) is 25.8 Å². The van der Waals surface area contributed by atoms with E-state index in [2.05, 4.69) is 43.0 Å². The zero-order chi connectivity index (χ0) is 15.5. The third-order valence-corrected chi connectivity index (χ3v) is 5.39. The highest BCUT2D eigenvalue weighted by Crippen LogP contribution is 2.32. The maximum Gasteiger partial charge on any atom is 0.238 e. The molecule has 1 fully saturated rings. The van der Waals surface area contributed by atoms with Crippen molar-refractivity contribution in [3.05, 3.63) is 50.6 Å². The predicted octanol–water partition coefficient (Wildman–Crippen LogP) is 4.59. The molecule has 5 heteroatoms. The van der Waals surface area contributed by atoms with Gasteiger partial charge in [-0.1, -0.05) is 6.07 Å². The van der Waals surface area contributed by atoms with Crippen LogP contribution in [0.1, 0.15) is 30.0 Å². The molecule has 1 aromatic heterocycles. The predicted molar refractivity (Wildman–Crippen MR) is 95.4 cm³/mol. The van der Waals surface area contributed by atoms with Gasteiger partial charge in [-0.2, -0.15) is 11.3 Å². The van der Waals surface area contributed by atoms with Crippen LogP contribution in [-0.2, 0) is 4.79 Å². The molecule has 22 heavy (non-hydrogen) atoms. The van der Waals surface area contributed by atoms with E-state index in [9.17, 15) is 4.79 Å². The highest BCUT2D eigenvalue weighted by molar-refractivity contribution is 9.10. The zero-order valence-corrected chi connectivity index (χ0v) is 14.9. The molecule has 3 nitrogen and oxygen atoms in total. The van der Waals surface area contributed by atoms with Crippen LogP contribution in [0.3, 0.4) is 0 Å². The van der Waals surface area contributed by atoms with Crippen molar-refractivity contribution in [3.63, 3.8) is 0 Å². The van der Waals surface area contributed by atoms with Gasteiger partial charge in [0.2, 0.25) is 5.91 Å². The highest BCUT2D eigenvalue weighted by Gasteiger charge is 2.27. The number of likely N-dealkylation sites (tertiary alicyclic amines) is 1. The fourth-order valence-corrected chi connectivity index (χ4v) is 4.25. The lowest BCUT2D eigenvalue weighted by atomic mass is 10.1. The van der Waals surface area contributed by atoms with Crippen molar-refractivity contribution in [3.8, 4) is 0 Å². The van der Waals surface area contributed by atoms with Crippen molar-refractivity contribution >= 4 is 38.9 Å². The molecule has 1 saturated heterocycles. The Balaban J connectivity index is 1.64. The molecule has 0 unspecified atom stereocenters. The second kappa shape index (κ2) is 6.94. The Bertz CT molecular complexity index is 657. The minimum absolute atomic E-state index is 0.0479. The molecule has 0 bridgehead atoms. The van der Waals surface area contributed by atoms with E-state index in [4.69, 9.17) is 0 Å². The van der Waals surface area contributed by atoms with E-state index >= 15 is 0 Å². The summed E-state index contributed by atoms with van der Waals surface area (Å²) in [5.74, 6) is 0.0479. The van der Waals surface area contributed by atoms with Crippen LogP contribution in [0, 0.1) is 6.92 Å². The summed E-state index contributed by atoms with van der Waals surface area (Å²) in [4.78, 5) is 14.6. The van der Waals surface area contributed by atoms with Crippen LogP contribution in [0.2, 0.25) is 0 Å². The lowest BCUT2D eigenvalue weighted by Gasteiger charge is -2.23. The van der Waals surface area contributed by atoms with Gasteiger partial charge in [0.1, 0.15) is 0 Å².